The zero-order chi connectivity index (χ0) is 11.8. The molecule has 1 atom stereocenters. The Morgan fingerprint density at radius 2 is 2.12 bits per heavy atom. The lowest BCUT2D eigenvalue weighted by atomic mass is 10.1. The smallest absolute Gasteiger partial charge is 0.237 e. The van der Waals surface area contributed by atoms with Crippen LogP contribution in [0.25, 0.3) is 0 Å². The largest absolute Gasteiger partial charge is 0.354 e. The number of amides is 1. The minimum atomic E-state index is -0.555. The van der Waals surface area contributed by atoms with Crippen molar-refractivity contribution in [3.63, 3.8) is 0 Å². The zero-order valence-corrected chi connectivity index (χ0v) is 9.02. The maximum absolute atomic E-state index is 11.5. The molecule has 0 radical (unpaired) electrons. The highest BCUT2D eigenvalue weighted by Crippen LogP contribution is 2.01. The van der Waals surface area contributed by atoms with Crippen molar-refractivity contribution in [2.75, 3.05) is 6.54 Å². The van der Waals surface area contributed by atoms with Crippen molar-refractivity contribution in [2.24, 2.45) is 5.73 Å². The van der Waals surface area contributed by atoms with Crippen LogP contribution in [0.3, 0.4) is 0 Å². The molecule has 0 spiro atoms. The maximum Gasteiger partial charge on any atom is 0.237 e. The number of nitrogens with one attached hydrogen (secondary N) is 1. The number of nitriles is 1. The molecule has 1 aromatic rings. The van der Waals surface area contributed by atoms with E-state index in [4.69, 9.17) is 11.0 Å². The quantitative estimate of drug-likeness (QED) is 0.708. The molecule has 0 heterocycles. The summed E-state index contributed by atoms with van der Waals surface area (Å²) in [6.45, 7) is 0.359. The summed E-state index contributed by atoms with van der Waals surface area (Å²) in [6.07, 6.45) is 0.822. The number of hydrogen-bond acceptors (Lipinski definition) is 3. The van der Waals surface area contributed by atoms with Gasteiger partial charge in [0.25, 0.3) is 0 Å². The highest BCUT2D eigenvalue weighted by molar-refractivity contribution is 5.81. The van der Waals surface area contributed by atoms with Gasteiger partial charge in [-0.15, -0.1) is 0 Å². The van der Waals surface area contributed by atoms with Crippen LogP contribution in [-0.2, 0) is 11.2 Å². The van der Waals surface area contributed by atoms with Gasteiger partial charge in [-0.1, -0.05) is 30.3 Å². The van der Waals surface area contributed by atoms with Crippen LogP contribution in [0, 0.1) is 11.3 Å². The summed E-state index contributed by atoms with van der Waals surface area (Å²) in [4.78, 5) is 11.5. The van der Waals surface area contributed by atoms with Gasteiger partial charge in [0.15, 0.2) is 0 Å². The number of carbonyl (C=O) groups is 1. The molecular weight excluding hydrogens is 202 g/mol. The van der Waals surface area contributed by atoms with Crippen molar-refractivity contribution in [2.45, 2.75) is 18.9 Å². The topological polar surface area (TPSA) is 78.9 Å². The van der Waals surface area contributed by atoms with Gasteiger partial charge < -0.3 is 11.1 Å². The molecule has 1 aromatic carbocycles. The minimum Gasteiger partial charge on any atom is -0.354 e. The summed E-state index contributed by atoms with van der Waals surface area (Å²) in [5, 5.41) is 10.9. The first-order valence-electron chi connectivity index (χ1n) is 5.18. The van der Waals surface area contributed by atoms with Crippen LogP contribution in [0.2, 0.25) is 0 Å². The Hall–Kier alpha value is -1.86. The summed E-state index contributed by atoms with van der Waals surface area (Å²) < 4.78 is 0. The summed E-state index contributed by atoms with van der Waals surface area (Å²) in [5.41, 5.74) is 6.77. The van der Waals surface area contributed by atoms with Gasteiger partial charge in [-0.2, -0.15) is 5.26 Å². The van der Waals surface area contributed by atoms with Gasteiger partial charge in [-0.05, 0) is 12.0 Å². The van der Waals surface area contributed by atoms with Gasteiger partial charge in [0, 0.05) is 6.54 Å². The van der Waals surface area contributed by atoms with Crippen LogP contribution in [0.15, 0.2) is 30.3 Å². The molecule has 0 fully saturated rings. The van der Waals surface area contributed by atoms with Gasteiger partial charge in [0.1, 0.15) is 0 Å². The van der Waals surface area contributed by atoms with E-state index in [0.29, 0.717) is 19.4 Å². The first-order valence-corrected chi connectivity index (χ1v) is 5.18. The van der Waals surface area contributed by atoms with Gasteiger partial charge in [0.2, 0.25) is 5.91 Å². The number of nitrogens with two attached hydrogens (primary N) is 1. The molecule has 0 bridgehead atoms. The molecule has 84 valence electrons. The predicted octanol–water partition coefficient (Wildman–Crippen LogP) is 0.586. The molecule has 0 aliphatic heterocycles. The third-order valence-electron chi connectivity index (χ3n) is 2.17. The summed E-state index contributed by atoms with van der Waals surface area (Å²) in [5.74, 6) is -0.209. The van der Waals surface area contributed by atoms with Gasteiger partial charge in [-0.25, -0.2) is 0 Å². The van der Waals surface area contributed by atoms with Crippen LogP contribution in [0.1, 0.15) is 12.0 Å². The molecule has 4 nitrogen and oxygen atoms in total. The Morgan fingerprint density at radius 1 is 1.44 bits per heavy atom. The fourth-order valence-electron chi connectivity index (χ4n) is 1.33. The average Bonchev–Trinajstić information content (AvgIpc) is 2.30. The summed E-state index contributed by atoms with van der Waals surface area (Å²) in [6, 6.07) is 11.0. The summed E-state index contributed by atoms with van der Waals surface area (Å²) >= 11 is 0. The molecule has 0 saturated carbocycles. The van der Waals surface area contributed by atoms with Crippen molar-refractivity contribution in [3.05, 3.63) is 35.9 Å². The van der Waals surface area contributed by atoms with Crippen LogP contribution < -0.4 is 11.1 Å². The monoisotopic (exact) mass is 217 g/mol. The average molecular weight is 217 g/mol. The van der Waals surface area contributed by atoms with E-state index in [1.165, 1.54) is 0 Å². The molecule has 0 aliphatic carbocycles. The number of rotatable bonds is 5. The lowest BCUT2D eigenvalue weighted by Crippen LogP contribution is -2.42. The maximum atomic E-state index is 11.5. The Bertz CT molecular complexity index is 370. The fourth-order valence-corrected chi connectivity index (χ4v) is 1.33. The van der Waals surface area contributed by atoms with Crippen LogP contribution in [0.4, 0.5) is 0 Å². The molecule has 1 amide bonds. The first kappa shape index (κ1) is 12.2. The Balaban J connectivity index is 2.38. The molecule has 0 aromatic heterocycles. The van der Waals surface area contributed by atoms with Crippen molar-refractivity contribution in [1.82, 2.24) is 5.32 Å². The number of carbonyl (C=O) groups excluding carboxylic acids is 1. The minimum absolute atomic E-state index is 0.209. The Morgan fingerprint density at radius 3 is 2.75 bits per heavy atom. The van der Waals surface area contributed by atoms with Gasteiger partial charge in [-0.3, -0.25) is 4.79 Å². The van der Waals surface area contributed by atoms with E-state index in [0.717, 1.165) is 5.56 Å². The van der Waals surface area contributed by atoms with E-state index >= 15 is 0 Å². The van der Waals surface area contributed by atoms with Crippen LogP contribution >= 0.6 is 0 Å². The lowest BCUT2D eigenvalue weighted by Gasteiger charge is -2.11. The van der Waals surface area contributed by atoms with E-state index in [2.05, 4.69) is 5.32 Å². The standard InChI is InChI=1S/C12H15N3O/c13-7-4-8-15-12(16)11(14)9-10-5-2-1-3-6-10/h1-3,5-6,11H,4,8-9,14H2,(H,15,16)/t11-/m0/s1. The van der Waals surface area contributed by atoms with E-state index < -0.39 is 6.04 Å². The molecule has 0 aliphatic rings. The van der Waals surface area contributed by atoms with Gasteiger partial charge >= 0.3 is 0 Å². The molecule has 16 heavy (non-hydrogen) atoms. The van der Waals surface area contributed by atoms with Crippen molar-refractivity contribution < 1.29 is 4.79 Å². The van der Waals surface area contributed by atoms with Crippen LogP contribution in [0.5, 0.6) is 0 Å². The zero-order valence-electron chi connectivity index (χ0n) is 9.02. The lowest BCUT2D eigenvalue weighted by molar-refractivity contribution is -0.122. The predicted molar refractivity (Wildman–Crippen MR) is 61.4 cm³/mol. The second kappa shape index (κ2) is 6.59. The molecule has 4 heteroatoms. The fraction of sp³-hybridized carbons (Fsp3) is 0.333. The molecule has 0 saturated heterocycles. The number of hydrogen-bond donors (Lipinski definition) is 2. The third kappa shape index (κ3) is 4.11. The SMILES string of the molecule is N#CCCNC(=O)[C@@H](N)Cc1ccccc1. The third-order valence-corrected chi connectivity index (χ3v) is 2.17. The Kier molecular flexibility index (Phi) is 5.03. The second-order valence-electron chi connectivity index (χ2n) is 3.50. The van der Waals surface area contributed by atoms with Crippen molar-refractivity contribution in [1.29, 1.82) is 5.26 Å². The van der Waals surface area contributed by atoms with E-state index in [-0.39, 0.29) is 5.91 Å². The van der Waals surface area contributed by atoms with E-state index in [1.54, 1.807) is 0 Å². The normalized spacial score (nSPS) is 11.5. The van der Waals surface area contributed by atoms with Crippen molar-refractivity contribution >= 4 is 5.91 Å². The van der Waals surface area contributed by atoms with Gasteiger partial charge in [0.05, 0.1) is 18.5 Å². The van der Waals surface area contributed by atoms with E-state index in [1.807, 2.05) is 36.4 Å². The number of benzene rings is 1. The molecule has 1 rings (SSSR count). The first-order chi connectivity index (χ1) is 7.74. The number of nitrogens with zero attached hydrogens (tertiary/aromatic N) is 1. The molecule has 0 unspecified atom stereocenters. The van der Waals surface area contributed by atoms with Crippen molar-refractivity contribution in [3.8, 4) is 6.07 Å². The molecular formula is C12H15N3O. The highest BCUT2D eigenvalue weighted by atomic mass is 16.2. The van der Waals surface area contributed by atoms with Crippen LogP contribution in [-0.4, -0.2) is 18.5 Å². The molecule has 3 N–H and O–H groups in total. The van der Waals surface area contributed by atoms with E-state index in [9.17, 15) is 4.79 Å². The highest BCUT2D eigenvalue weighted by Gasteiger charge is 2.12. The second-order valence-corrected chi connectivity index (χ2v) is 3.50. The summed E-state index contributed by atoms with van der Waals surface area (Å²) in [7, 11) is 0. The Labute approximate surface area is 95.1 Å².